The zero-order valence-corrected chi connectivity index (χ0v) is 15.4. The van der Waals surface area contributed by atoms with Crippen LogP contribution in [0.3, 0.4) is 0 Å². The average Bonchev–Trinajstić information content (AvgIpc) is 2.82. The second-order valence-electron chi connectivity index (χ2n) is 7.31. The zero-order valence-electron chi connectivity index (χ0n) is 14.6. The average molecular weight is 373 g/mol. The molecular formula is C19H29ClO5. The molecule has 2 saturated carbocycles. The highest BCUT2D eigenvalue weighted by molar-refractivity contribution is 6.21. The lowest BCUT2D eigenvalue weighted by molar-refractivity contribution is -0.142. The van der Waals surface area contributed by atoms with E-state index in [0.717, 1.165) is 38.5 Å². The maximum atomic E-state index is 10.5. The number of unbranched alkanes of at least 4 members (excludes halogenated alkanes) is 1. The molecule has 0 unspecified atom stereocenters. The number of aliphatic hydroxyl groups is 2. The summed E-state index contributed by atoms with van der Waals surface area (Å²) in [5.41, 5.74) is -0.905. The van der Waals surface area contributed by atoms with Crippen LogP contribution in [0.1, 0.15) is 57.8 Å². The van der Waals surface area contributed by atoms with Crippen LogP contribution in [-0.2, 0) is 9.53 Å². The van der Waals surface area contributed by atoms with Crippen LogP contribution in [0.4, 0.5) is 0 Å². The SMILES string of the molecule is O=C(O)COCCCC[C@@H]1[C@@H](C#CC2(O)CCCCC2)[C@H](O)C[C@H]1Cl. The van der Waals surface area contributed by atoms with E-state index in [1.54, 1.807) is 0 Å². The first-order valence-corrected chi connectivity index (χ1v) is 9.72. The maximum absolute atomic E-state index is 10.5. The van der Waals surface area contributed by atoms with Gasteiger partial charge in [-0.15, -0.1) is 11.6 Å². The molecule has 25 heavy (non-hydrogen) atoms. The summed E-state index contributed by atoms with van der Waals surface area (Å²) in [4.78, 5) is 10.4. The van der Waals surface area contributed by atoms with E-state index in [2.05, 4.69) is 11.8 Å². The van der Waals surface area contributed by atoms with Crippen LogP contribution in [0.2, 0.25) is 0 Å². The molecule has 0 aliphatic heterocycles. The van der Waals surface area contributed by atoms with Gasteiger partial charge in [0, 0.05) is 12.0 Å². The van der Waals surface area contributed by atoms with Crippen LogP contribution < -0.4 is 0 Å². The number of carboxylic acids is 1. The fourth-order valence-electron chi connectivity index (χ4n) is 3.85. The van der Waals surface area contributed by atoms with Crippen molar-refractivity contribution in [3.63, 3.8) is 0 Å². The highest BCUT2D eigenvalue weighted by atomic mass is 35.5. The first-order valence-electron chi connectivity index (χ1n) is 9.28. The smallest absolute Gasteiger partial charge is 0.329 e. The second-order valence-corrected chi connectivity index (χ2v) is 7.87. The molecule has 0 saturated heterocycles. The Morgan fingerprint density at radius 1 is 1.24 bits per heavy atom. The Bertz CT molecular complexity index is 492. The van der Waals surface area contributed by atoms with Crippen LogP contribution in [0.5, 0.6) is 0 Å². The van der Waals surface area contributed by atoms with E-state index >= 15 is 0 Å². The fourth-order valence-corrected chi connectivity index (χ4v) is 4.31. The number of carbonyl (C=O) groups is 1. The molecule has 0 bridgehead atoms. The lowest BCUT2D eigenvalue weighted by Gasteiger charge is -2.27. The Balaban J connectivity index is 1.84. The summed E-state index contributed by atoms with van der Waals surface area (Å²) < 4.78 is 5.03. The third kappa shape index (κ3) is 6.45. The summed E-state index contributed by atoms with van der Waals surface area (Å²) in [5, 5.41) is 29.2. The van der Waals surface area contributed by atoms with Crippen molar-refractivity contribution in [2.45, 2.75) is 74.9 Å². The summed E-state index contributed by atoms with van der Waals surface area (Å²) in [6, 6.07) is 0. The molecule has 2 aliphatic rings. The van der Waals surface area contributed by atoms with Crippen molar-refractivity contribution in [2.24, 2.45) is 11.8 Å². The van der Waals surface area contributed by atoms with Crippen LogP contribution in [-0.4, -0.2) is 51.6 Å². The van der Waals surface area contributed by atoms with Crippen LogP contribution in [0.15, 0.2) is 0 Å². The van der Waals surface area contributed by atoms with Crippen LogP contribution in [0, 0.1) is 23.7 Å². The lowest BCUT2D eigenvalue weighted by Crippen LogP contribution is -2.30. The van der Waals surface area contributed by atoms with E-state index in [9.17, 15) is 15.0 Å². The number of aliphatic hydroxyl groups excluding tert-OH is 1. The van der Waals surface area contributed by atoms with Gasteiger partial charge in [0.2, 0.25) is 0 Å². The fraction of sp³-hybridized carbons (Fsp3) is 0.842. The number of ether oxygens (including phenoxy) is 1. The summed E-state index contributed by atoms with van der Waals surface area (Å²) in [7, 11) is 0. The molecule has 142 valence electrons. The summed E-state index contributed by atoms with van der Waals surface area (Å²) in [6.45, 7) is 0.136. The third-order valence-electron chi connectivity index (χ3n) is 5.26. The first kappa shape index (κ1) is 20.5. The minimum atomic E-state index is -0.962. The van der Waals surface area contributed by atoms with E-state index in [1.807, 2.05) is 0 Å². The van der Waals surface area contributed by atoms with Gasteiger partial charge in [-0.05, 0) is 50.9 Å². The summed E-state index contributed by atoms with van der Waals surface area (Å²) in [5.74, 6) is 5.12. The van der Waals surface area contributed by atoms with Gasteiger partial charge in [-0.25, -0.2) is 4.79 Å². The van der Waals surface area contributed by atoms with E-state index in [1.165, 1.54) is 0 Å². The molecular weight excluding hydrogens is 344 g/mol. The molecule has 5 nitrogen and oxygen atoms in total. The molecule has 2 aliphatic carbocycles. The van der Waals surface area contributed by atoms with Crippen molar-refractivity contribution >= 4 is 17.6 Å². The monoisotopic (exact) mass is 372 g/mol. The number of halogens is 1. The molecule has 4 atom stereocenters. The predicted octanol–water partition coefficient (Wildman–Crippen LogP) is 2.56. The molecule has 0 radical (unpaired) electrons. The van der Waals surface area contributed by atoms with Crippen molar-refractivity contribution in [1.29, 1.82) is 0 Å². The first-order chi connectivity index (χ1) is 11.9. The molecule has 0 heterocycles. The van der Waals surface area contributed by atoms with Crippen molar-refractivity contribution < 1.29 is 24.9 Å². The van der Waals surface area contributed by atoms with Gasteiger partial charge in [0.1, 0.15) is 12.2 Å². The van der Waals surface area contributed by atoms with Gasteiger partial charge in [-0.2, -0.15) is 0 Å². The molecule has 2 fully saturated rings. The quantitative estimate of drug-likeness (QED) is 0.363. The van der Waals surface area contributed by atoms with Gasteiger partial charge in [-0.1, -0.05) is 24.7 Å². The Morgan fingerprint density at radius 3 is 2.64 bits per heavy atom. The van der Waals surface area contributed by atoms with E-state index in [-0.39, 0.29) is 23.8 Å². The normalized spacial score (nSPS) is 31.3. The largest absolute Gasteiger partial charge is 0.480 e. The predicted molar refractivity (Wildman–Crippen MR) is 95.4 cm³/mol. The summed E-state index contributed by atoms with van der Waals surface area (Å²) in [6.07, 6.45) is 6.96. The van der Waals surface area contributed by atoms with Gasteiger partial charge in [0.25, 0.3) is 0 Å². The molecule has 0 aromatic heterocycles. The summed E-state index contributed by atoms with van der Waals surface area (Å²) >= 11 is 6.41. The van der Waals surface area contributed by atoms with Gasteiger partial charge in [0.15, 0.2) is 0 Å². The zero-order chi connectivity index (χ0) is 18.3. The highest BCUT2D eigenvalue weighted by Gasteiger charge is 2.40. The lowest BCUT2D eigenvalue weighted by atomic mass is 9.84. The second kappa shape index (κ2) is 9.78. The van der Waals surface area contributed by atoms with Crippen LogP contribution in [0.25, 0.3) is 0 Å². The topological polar surface area (TPSA) is 87.0 Å². The minimum absolute atomic E-state index is 0.0934. The Labute approximate surface area is 154 Å². The number of rotatable bonds is 7. The minimum Gasteiger partial charge on any atom is -0.480 e. The third-order valence-corrected chi connectivity index (χ3v) is 5.76. The molecule has 0 spiro atoms. The van der Waals surface area contributed by atoms with E-state index in [4.69, 9.17) is 21.4 Å². The Hall–Kier alpha value is -0.800. The van der Waals surface area contributed by atoms with Gasteiger partial charge < -0.3 is 20.1 Å². The van der Waals surface area contributed by atoms with Gasteiger partial charge in [-0.3, -0.25) is 0 Å². The van der Waals surface area contributed by atoms with Gasteiger partial charge in [0.05, 0.1) is 12.0 Å². The Kier molecular flexibility index (Phi) is 8.02. The van der Waals surface area contributed by atoms with Crippen molar-refractivity contribution in [3.8, 4) is 11.8 Å². The maximum Gasteiger partial charge on any atom is 0.329 e. The molecule has 6 heteroatoms. The van der Waals surface area contributed by atoms with Crippen molar-refractivity contribution in [2.75, 3.05) is 13.2 Å². The molecule has 0 aromatic carbocycles. The molecule has 0 aromatic rings. The number of aliphatic carboxylic acids is 1. The van der Waals surface area contributed by atoms with E-state index in [0.29, 0.717) is 25.9 Å². The molecule has 0 amide bonds. The Morgan fingerprint density at radius 2 is 1.96 bits per heavy atom. The number of carboxylic acid groups (broad SMARTS) is 1. The van der Waals surface area contributed by atoms with Gasteiger partial charge >= 0.3 is 5.97 Å². The highest BCUT2D eigenvalue weighted by Crippen LogP contribution is 2.39. The molecule has 2 rings (SSSR count). The van der Waals surface area contributed by atoms with Crippen LogP contribution >= 0.6 is 11.6 Å². The molecule has 3 N–H and O–H groups in total. The standard InChI is InChI=1S/C19H29ClO5/c20-16-12-17(21)15(7-10-19(24)8-3-1-4-9-19)14(16)6-2-5-11-25-13-18(22)23/h14-17,21,24H,1-6,8-9,11-13H2,(H,22,23)/t14-,15-,16-,17-/m1/s1. The van der Waals surface area contributed by atoms with Crippen molar-refractivity contribution in [1.82, 2.24) is 0 Å². The number of hydrogen-bond acceptors (Lipinski definition) is 4. The number of alkyl halides is 1. The van der Waals surface area contributed by atoms with E-state index < -0.39 is 17.7 Å². The van der Waals surface area contributed by atoms with Crippen molar-refractivity contribution in [3.05, 3.63) is 0 Å². The number of hydrogen-bond donors (Lipinski definition) is 3.